The highest BCUT2D eigenvalue weighted by atomic mass is 32.2. The van der Waals surface area contributed by atoms with Gasteiger partial charge in [-0.3, -0.25) is 0 Å². The van der Waals surface area contributed by atoms with Gasteiger partial charge in [-0.15, -0.1) is 0 Å². The number of unbranched alkanes of at least 4 members (excludes halogenated alkanes) is 1. The van der Waals surface area contributed by atoms with E-state index in [0.717, 1.165) is 0 Å². The zero-order chi connectivity index (χ0) is 14.6. The van der Waals surface area contributed by atoms with Crippen LogP contribution in [0.15, 0.2) is 9.31 Å². The SMILES string of the molecule is Cc1oc(C)c(S(=O)(=O)NCCCC#N)c1C(=O)O. The number of carbonyl (C=O) groups is 1. The van der Waals surface area contributed by atoms with E-state index in [0.29, 0.717) is 6.42 Å². The van der Waals surface area contributed by atoms with E-state index in [1.807, 2.05) is 6.07 Å². The molecule has 0 aliphatic carbocycles. The molecule has 0 aromatic carbocycles. The number of hydrogen-bond acceptors (Lipinski definition) is 5. The molecular weight excluding hydrogens is 272 g/mol. The predicted octanol–water partition coefficient (Wildman–Crippen LogP) is 1.18. The van der Waals surface area contributed by atoms with Crippen molar-refractivity contribution in [2.24, 2.45) is 0 Å². The van der Waals surface area contributed by atoms with Gasteiger partial charge < -0.3 is 9.52 Å². The van der Waals surface area contributed by atoms with Crippen LogP contribution in [-0.4, -0.2) is 26.0 Å². The summed E-state index contributed by atoms with van der Waals surface area (Å²) in [5.41, 5.74) is -0.356. The smallest absolute Gasteiger partial charge is 0.340 e. The molecule has 0 atom stereocenters. The number of hydrogen-bond donors (Lipinski definition) is 2. The van der Waals surface area contributed by atoms with Crippen LogP contribution in [0.3, 0.4) is 0 Å². The average molecular weight is 286 g/mol. The van der Waals surface area contributed by atoms with Gasteiger partial charge in [0.2, 0.25) is 10.0 Å². The Bertz CT molecular complexity index is 624. The molecule has 0 fully saturated rings. The number of nitrogens with zero attached hydrogens (tertiary/aromatic N) is 1. The molecule has 1 aromatic heterocycles. The summed E-state index contributed by atoms with van der Waals surface area (Å²) in [5, 5.41) is 17.4. The molecule has 1 heterocycles. The fourth-order valence-corrected chi connectivity index (χ4v) is 3.16. The van der Waals surface area contributed by atoms with Crippen LogP contribution in [0.1, 0.15) is 34.7 Å². The predicted molar refractivity (Wildman–Crippen MR) is 65.2 cm³/mol. The van der Waals surface area contributed by atoms with Crippen molar-refractivity contribution < 1.29 is 22.7 Å². The molecule has 0 saturated heterocycles. The molecule has 19 heavy (non-hydrogen) atoms. The Morgan fingerprint density at radius 1 is 1.42 bits per heavy atom. The second kappa shape index (κ2) is 5.86. The topological polar surface area (TPSA) is 120 Å². The molecule has 0 saturated carbocycles. The molecule has 0 spiro atoms. The van der Waals surface area contributed by atoms with Gasteiger partial charge in [0, 0.05) is 13.0 Å². The Morgan fingerprint density at radius 2 is 2.05 bits per heavy atom. The van der Waals surface area contributed by atoms with Crippen molar-refractivity contribution in [1.29, 1.82) is 5.26 Å². The maximum Gasteiger partial charge on any atom is 0.340 e. The Labute approximate surface area is 110 Å². The van der Waals surface area contributed by atoms with E-state index in [9.17, 15) is 13.2 Å². The van der Waals surface area contributed by atoms with E-state index >= 15 is 0 Å². The molecule has 8 heteroatoms. The van der Waals surface area contributed by atoms with Crippen LogP contribution in [0.25, 0.3) is 0 Å². The minimum absolute atomic E-state index is 0.0303. The Balaban J connectivity index is 3.08. The van der Waals surface area contributed by atoms with Gasteiger partial charge in [-0.05, 0) is 20.3 Å². The lowest BCUT2D eigenvalue weighted by Gasteiger charge is -2.05. The summed E-state index contributed by atoms with van der Waals surface area (Å²) in [6.45, 7) is 2.85. The summed E-state index contributed by atoms with van der Waals surface area (Å²) in [6, 6.07) is 1.89. The summed E-state index contributed by atoms with van der Waals surface area (Å²) in [6.07, 6.45) is 0.575. The van der Waals surface area contributed by atoms with E-state index in [1.165, 1.54) is 13.8 Å². The third-order valence-corrected chi connectivity index (χ3v) is 4.06. The van der Waals surface area contributed by atoms with Crippen molar-refractivity contribution in [2.75, 3.05) is 6.54 Å². The van der Waals surface area contributed by atoms with Crippen molar-refractivity contribution in [3.8, 4) is 6.07 Å². The second-order valence-electron chi connectivity index (χ2n) is 3.88. The van der Waals surface area contributed by atoms with Gasteiger partial charge in [-0.25, -0.2) is 17.9 Å². The highest BCUT2D eigenvalue weighted by Gasteiger charge is 2.30. The lowest BCUT2D eigenvalue weighted by molar-refractivity contribution is 0.0691. The summed E-state index contributed by atoms with van der Waals surface area (Å²) in [7, 11) is -3.96. The third kappa shape index (κ3) is 3.33. The van der Waals surface area contributed by atoms with Gasteiger partial charge in [0.05, 0.1) is 6.07 Å². The van der Waals surface area contributed by atoms with Gasteiger partial charge in [0.15, 0.2) is 0 Å². The molecule has 0 unspecified atom stereocenters. The van der Waals surface area contributed by atoms with E-state index < -0.39 is 16.0 Å². The van der Waals surface area contributed by atoms with Gasteiger partial charge in [0.1, 0.15) is 22.0 Å². The first-order valence-corrected chi connectivity index (χ1v) is 6.99. The first-order valence-electron chi connectivity index (χ1n) is 5.51. The second-order valence-corrected chi connectivity index (χ2v) is 5.59. The Hall–Kier alpha value is -1.85. The van der Waals surface area contributed by atoms with E-state index in [2.05, 4.69) is 4.72 Å². The van der Waals surface area contributed by atoms with Crippen LogP contribution in [0.5, 0.6) is 0 Å². The van der Waals surface area contributed by atoms with Crippen LogP contribution in [0.4, 0.5) is 0 Å². The average Bonchev–Trinajstić information content (AvgIpc) is 2.60. The number of aryl methyl sites for hydroxylation is 2. The minimum Gasteiger partial charge on any atom is -0.478 e. The summed E-state index contributed by atoms with van der Waals surface area (Å²) >= 11 is 0. The molecule has 0 aliphatic rings. The molecule has 0 radical (unpaired) electrons. The van der Waals surface area contributed by atoms with Crippen molar-refractivity contribution >= 4 is 16.0 Å². The molecule has 104 valence electrons. The van der Waals surface area contributed by atoms with Crippen LogP contribution >= 0.6 is 0 Å². The first kappa shape index (κ1) is 15.2. The standard InChI is InChI=1S/C11H14N2O5S/c1-7-9(11(14)15)10(8(2)18-7)19(16,17)13-6-4-3-5-12/h13H,3-4,6H2,1-2H3,(H,14,15). The number of nitrogens with one attached hydrogen (secondary N) is 1. The monoisotopic (exact) mass is 286 g/mol. The first-order chi connectivity index (χ1) is 8.81. The maximum absolute atomic E-state index is 12.0. The lowest BCUT2D eigenvalue weighted by atomic mass is 10.2. The van der Waals surface area contributed by atoms with Crippen molar-refractivity contribution in [1.82, 2.24) is 4.72 Å². The highest BCUT2D eigenvalue weighted by molar-refractivity contribution is 7.89. The molecule has 0 amide bonds. The van der Waals surface area contributed by atoms with Crippen molar-refractivity contribution in [2.45, 2.75) is 31.6 Å². The van der Waals surface area contributed by atoms with Gasteiger partial charge in [-0.1, -0.05) is 0 Å². The number of furan rings is 1. The summed E-state index contributed by atoms with van der Waals surface area (Å²) in [4.78, 5) is 10.7. The molecule has 1 aromatic rings. The number of nitriles is 1. The Morgan fingerprint density at radius 3 is 2.58 bits per heavy atom. The fourth-order valence-electron chi connectivity index (χ4n) is 1.68. The Kier molecular flexibility index (Phi) is 4.69. The molecule has 2 N–H and O–H groups in total. The number of carboxylic acids is 1. The lowest BCUT2D eigenvalue weighted by Crippen LogP contribution is -2.26. The normalized spacial score (nSPS) is 11.2. The fraction of sp³-hybridized carbons (Fsp3) is 0.455. The van der Waals surface area contributed by atoms with Crippen molar-refractivity contribution in [3.63, 3.8) is 0 Å². The van der Waals surface area contributed by atoms with Gasteiger partial charge in [-0.2, -0.15) is 5.26 Å². The van der Waals surface area contributed by atoms with Crippen LogP contribution < -0.4 is 4.72 Å². The molecule has 7 nitrogen and oxygen atoms in total. The van der Waals surface area contributed by atoms with E-state index in [-0.39, 0.29) is 34.9 Å². The molecular formula is C11H14N2O5S. The third-order valence-electron chi connectivity index (χ3n) is 2.45. The van der Waals surface area contributed by atoms with Crippen molar-refractivity contribution in [3.05, 3.63) is 17.1 Å². The summed E-state index contributed by atoms with van der Waals surface area (Å²) in [5.74, 6) is -1.28. The molecule has 0 aliphatic heterocycles. The molecule has 0 bridgehead atoms. The van der Waals surface area contributed by atoms with Crippen LogP contribution in [-0.2, 0) is 10.0 Å². The van der Waals surface area contributed by atoms with Crippen LogP contribution in [0.2, 0.25) is 0 Å². The molecule has 1 rings (SSSR count). The van der Waals surface area contributed by atoms with Gasteiger partial charge in [0.25, 0.3) is 0 Å². The number of sulfonamides is 1. The maximum atomic E-state index is 12.0. The largest absolute Gasteiger partial charge is 0.478 e. The van der Waals surface area contributed by atoms with Crippen LogP contribution in [0, 0.1) is 25.2 Å². The zero-order valence-corrected chi connectivity index (χ0v) is 11.4. The minimum atomic E-state index is -3.96. The highest BCUT2D eigenvalue weighted by Crippen LogP contribution is 2.26. The number of aromatic carboxylic acids is 1. The van der Waals surface area contributed by atoms with Gasteiger partial charge >= 0.3 is 5.97 Å². The number of carboxylic acid groups (broad SMARTS) is 1. The van der Waals surface area contributed by atoms with E-state index in [4.69, 9.17) is 14.8 Å². The number of rotatable bonds is 6. The zero-order valence-electron chi connectivity index (χ0n) is 10.6. The van der Waals surface area contributed by atoms with E-state index in [1.54, 1.807) is 0 Å². The quantitative estimate of drug-likeness (QED) is 0.757. The summed E-state index contributed by atoms with van der Waals surface area (Å²) < 4.78 is 31.4.